The standard InChI is InChI=1S/C21H32Cl2N2O3S/c1-3-5-7-16(4-2)14-24-21(26)17-10-12-25(13-11-17)29(27,28)15-18-19(22)8-6-9-20(18)23/h6,8-9,16-17H,3-5,7,10-15H2,1-2H3,(H,24,26)/t16-/m0/s1. The molecule has 1 heterocycles. The molecule has 0 unspecified atom stereocenters. The molecule has 1 aliphatic rings. The van der Waals surface area contributed by atoms with Crippen LogP contribution >= 0.6 is 23.2 Å². The number of nitrogens with zero attached hydrogens (tertiary/aromatic N) is 1. The molecule has 1 N–H and O–H groups in total. The molecule has 0 spiro atoms. The van der Waals surface area contributed by atoms with Crippen molar-refractivity contribution in [3.63, 3.8) is 0 Å². The Hall–Kier alpha value is -0.820. The van der Waals surface area contributed by atoms with Gasteiger partial charge in [-0.25, -0.2) is 12.7 Å². The normalized spacial score (nSPS) is 17.2. The first-order valence-corrected chi connectivity index (χ1v) is 12.8. The molecule has 0 radical (unpaired) electrons. The Bertz CT molecular complexity index is 758. The number of piperidine rings is 1. The number of hydrogen-bond donors (Lipinski definition) is 1. The summed E-state index contributed by atoms with van der Waals surface area (Å²) < 4.78 is 27.0. The fourth-order valence-electron chi connectivity index (χ4n) is 3.67. The van der Waals surface area contributed by atoms with Gasteiger partial charge in [0.1, 0.15) is 0 Å². The molecule has 2 rings (SSSR count). The summed E-state index contributed by atoms with van der Waals surface area (Å²) in [7, 11) is -3.54. The number of benzene rings is 1. The summed E-state index contributed by atoms with van der Waals surface area (Å²) in [6.07, 6.45) is 5.60. The number of rotatable bonds is 10. The van der Waals surface area contributed by atoms with Crippen LogP contribution in [-0.4, -0.2) is 38.3 Å². The second-order valence-corrected chi connectivity index (χ2v) is 10.6. The predicted octanol–water partition coefficient (Wildman–Crippen LogP) is 4.87. The van der Waals surface area contributed by atoms with E-state index in [1.54, 1.807) is 18.2 Å². The van der Waals surface area contributed by atoms with Crippen molar-refractivity contribution in [1.82, 2.24) is 9.62 Å². The molecule has 0 saturated carbocycles. The number of halogens is 2. The zero-order valence-corrected chi connectivity index (χ0v) is 19.6. The SMILES string of the molecule is CCCC[C@H](CC)CNC(=O)C1CCN(S(=O)(=O)Cc2c(Cl)cccc2Cl)CC1. The van der Waals surface area contributed by atoms with E-state index >= 15 is 0 Å². The monoisotopic (exact) mass is 462 g/mol. The van der Waals surface area contributed by atoms with Crippen molar-refractivity contribution in [2.75, 3.05) is 19.6 Å². The lowest BCUT2D eigenvalue weighted by Crippen LogP contribution is -2.44. The van der Waals surface area contributed by atoms with E-state index in [0.29, 0.717) is 54.0 Å². The first-order valence-electron chi connectivity index (χ1n) is 10.5. The highest BCUT2D eigenvalue weighted by atomic mass is 35.5. The van der Waals surface area contributed by atoms with Gasteiger partial charge in [-0.2, -0.15) is 0 Å². The summed E-state index contributed by atoms with van der Waals surface area (Å²) in [5.41, 5.74) is 0.424. The van der Waals surface area contributed by atoms with Gasteiger partial charge in [0.05, 0.1) is 5.75 Å². The molecule has 8 heteroatoms. The number of nitrogens with one attached hydrogen (secondary N) is 1. The van der Waals surface area contributed by atoms with E-state index in [1.807, 2.05) is 0 Å². The van der Waals surface area contributed by atoms with Crippen LogP contribution in [0.4, 0.5) is 0 Å². The second kappa shape index (κ2) is 11.5. The third-order valence-electron chi connectivity index (χ3n) is 5.71. The van der Waals surface area contributed by atoms with Crippen LogP contribution in [0, 0.1) is 11.8 Å². The van der Waals surface area contributed by atoms with Gasteiger partial charge in [0.15, 0.2) is 0 Å². The van der Waals surface area contributed by atoms with Crippen molar-refractivity contribution >= 4 is 39.1 Å². The quantitative estimate of drug-likeness (QED) is 0.539. The lowest BCUT2D eigenvalue weighted by Gasteiger charge is -2.31. The zero-order chi connectivity index (χ0) is 21.4. The van der Waals surface area contributed by atoms with E-state index < -0.39 is 10.0 Å². The molecule has 5 nitrogen and oxygen atoms in total. The Morgan fingerprint density at radius 1 is 1.21 bits per heavy atom. The summed E-state index contributed by atoms with van der Waals surface area (Å²) in [5.74, 6) is 0.206. The molecule has 1 saturated heterocycles. The van der Waals surface area contributed by atoms with Crippen LogP contribution in [0.3, 0.4) is 0 Å². The number of carbonyl (C=O) groups is 1. The Morgan fingerprint density at radius 2 is 1.83 bits per heavy atom. The topological polar surface area (TPSA) is 66.5 Å². The van der Waals surface area contributed by atoms with E-state index in [-0.39, 0.29) is 17.6 Å². The number of amides is 1. The molecule has 29 heavy (non-hydrogen) atoms. The third kappa shape index (κ3) is 7.12. The minimum atomic E-state index is -3.54. The largest absolute Gasteiger partial charge is 0.356 e. The number of unbranched alkanes of at least 4 members (excludes halogenated alkanes) is 1. The lowest BCUT2D eigenvalue weighted by molar-refractivity contribution is -0.126. The van der Waals surface area contributed by atoms with Crippen LogP contribution in [0.1, 0.15) is 57.9 Å². The Labute approximate surface area is 185 Å². The van der Waals surface area contributed by atoms with Gasteiger partial charge >= 0.3 is 0 Å². The van der Waals surface area contributed by atoms with Crippen molar-refractivity contribution in [3.05, 3.63) is 33.8 Å². The summed E-state index contributed by atoms with van der Waals surface area (Å²) in [5, 5.41) is 3.78. The van der Waals surface area contributed by atoms with E-state index in [2.05, 4.69) is 19.2 Å². The summed E-state index contributed by atoms with van der Waals surface area (Å²) in [6.45, 7) is 5.72. The zero-order valence-electron chi connectivity index (χ0n) is 17.3. The number of carbonyl (C=O) groups excluding carboxylic acids is 1. The van der Waals surface area contributed by atoms with Gasteiger partial charge in [0, 0.05) is 41.2 Å². The molecule has 0 bridgehead atoms. The molecular weight excluding hydrogens is 431 g/mol. The summed E-state index contributed by atoms with van der Waals surface area (Å²) >= 11 is 12.2. The van der Waals surface area contributed by atoms with Crippen LogP contribution in [-0.2, 0) is 20.6 Å². The van der Waals surface area contributed by atoms with Gasteiger partial charge in [-0.15, -0.1) is 0 Å². The molecule has 1 aromatic rings. The van der Waals surface area contributed by atoms with Crippen LogP contribution < -0.4 is 5.32 Å². The maximum Gasteiger partial charge on any atom is 0.223 e. The van der Waals surface area contributed by atoms with E-state index in [0.717, 1.165) is 19.3 Å². The minimum absolute atomic E-state index is 0.0474. The molecule has 1 atom stereocenters. The Morgan fingerprint density at radius 3 is 2.38 bits per heavy atom. The van der Waals surface area contributed by atoms with Crippen LogP contribution in [0.5, 0.6) is 0 Å². The molecule has 1 aliphatic heterocycles. The van der Waals surface area contributed by atoms with E-state index in [4.69, 9.17) is 23.2 Å². The molecule has 0 aromatic heterocycles. The van der Waals surface area contributed by atoms with Gasteiger partial charge in [-0.05, 0) is 37.3 Å². The molecule has 1 aromatic carbocycles. The fraction of sp³-hybridized carbons (Fsp3) is 0.667. The van der Waals surface area contributed by atoms with Gasteiger partial charge in [-0.1, -0.05) is 62.4 Å². The van der Waals surface area contributed by atoms with Gasteiger partial charge in [0.2, 0.25) is 15.9 Å². The number of hydrogen-bond acceptors (Lipinski definition) is 3. The van der Waals surface area contributed by atoms with Crippen molar-refractivity contribution < 1.29 is 13.2 Å². The van der Waals surface area contributed by atoms with Gasteiger partial charge in [-0.3, -0.25) is 4.79 Å². The van der Waals surface area contributed by atoms with Crippen LogP contribution in [0.2, 0.25) is 10.0 Å². The average molecular weight is 463 g/mol. The molecule has 164 valence electrons. The van der Waals surface area contributed by atoms with Crippen molar-refractivity contribution in [2.45, 2.75) is 58.1 Å². The highest BCUT2D eigenvalue weighted by Crippen LogP contribution is 2.29. The second-order valence-electron chi connectivity index (χ2n) is 7.79. The molecule has 1 amide bonds. The molecule has 1 fully saturated rings. The maximum atomic E-state index is 12.8. The molecule has 0 aliphatic carbocycles. The first-order chi connectivity index (χ1) is 13.8. The Balaban J connectivity index is 1.86. The van der Waals surface area contributed by atoms with Crippen molar-refractivity contribution in [3.8, 4) is 0 Å². The minimum Gasteiger partial charge on any atom is -0.356 e. The predicted molar refractivity (Wildman–Crippen MR) is 120 cm³/mol. The fourth-order valence-corrected chi connectivity index (χ4v) is 5.99. The third-order valence-corrected chi connectivity index (χ3v) is 8.23. The summed E-state index contributed by atoms with van der Waals surface area (Å²) in [4.78, 5) is 12.5. The van der Waals surface area contributed by atoms with E-state index in [9.17, 15) is 13.2 Å². The van der Waals surface area contributed by atoms with Crippen molar-refractivity contribution in [1.29, 1.82) is 0 Å². The lowest BCUT2D eigenvalue weighted by atomic mass is 9.95. The first kappa shape index (κ1) is 24.4. The van der Waals surface area contributed by atoms with Crippen LogP contribution in [0.25, 0.3) is 0 Å². The van der Waals surface area contributed by atoms with Gasteiger partial charge in [0.25, 0.3) is 0 Å². The van der Waals surface area contributed by atoms with Crippen LogP contribution in [0.15, 0.2) is 18.2 Å². The maximum absolute atomic E-state index is 12.8. The highest BCUT2D eigenvalue weighted by molar-refractivity contribution is 7.88. The molecular formula is C21H32Cl2N2O3S. The van der Waals surface area contributed by atoms with E-state index in [1.165, 1.54) is 10.7 Å². The average Bonchev–Trinajstić information content (AvgIpc) is 2.71. The summed E-state index contributed by atoms with van der Waals surface area (Å²) in [6, 6.07) is 4.97. The van der Waals surface area contributed by atoms with Gasteiger partial charge < -0.3 is 5.32 Å². The van der Waals surface area contributed by atoms with Crippen molar-refractivity contribution in [2.24, 2.45) is 11.8 Å². The highest BCUT2D eigenvalue weighted by Gasteiger charge is 2.32. The number of sulfonamides is 1. The smallest absolute Gasteiger partial charge is 0.223 e. The Kier molecular flexibility index (Phi) is 9.73.